The van der Waals surface area contributed by atoms with Gasteiger partial charge in [0.25, 0.3) is 0 Å². The Morgan fingerprint density at radius 3 is 2.35 bits per heavy atom. The van der Waals surface area contributed by atoms with Crippen molar-refractivity contribution in [2.45, 2.75) is 25.9 Å². The molecule has 1 N–H and O–H groups in total. The quantitative estimate of drug-likeness (QED) is 0.345. The van der Waals surface area contributed by atoms with Crippen molar-refractivity contribution in [1.29, 1.82) is 0 Å². The van der Waals surface area contributed by atoms with E-state index in [0.29, 0.717) is 22.3 Å². The van der Waals surface area contributed by atoms with Crippen molar-refractivity contribution in [3.63, 3.8) is 0 Å². The number of thioether (sulfide) groups is 1. The number of aromatic nitrogens is 3. The second-order valence-electron chi connectivity index (χ2n) is 7.93. The average molecular weight is 477 g/mol. The van der Waals surface area contributed by atoms with Crippen LogP contribution in [0.4, 0.5) is 10.1 Å². The van der Waals surface area contributed by atoms with E-state index in [1.165, 1.54) is 17.8 Å². The number of hydrogen-bond donors (Lipinski definition) is 1. The maximum atomic E-state index is 14.6. The van der Waals surface area contributed by atoms with Gasteiger partial charge in [-0.15, -0.1) is 10.2 Å². The molecule has 174 valence electrons. The van der Waals surface area contributed by atoms with Gasteiger partial charge in [0, 0.05) is 5.69 Å². The lowest BCUT2D eigenvalue weighted by molar-refractivity contribution is -0.113. The highest BCUT2D eigenvalue weighted by atomic mass is 32.2. The third kappa shape index (κ3) is 4.97. The Hall–Kier alpha value is -3.65. The molecule has 4 aromatic rings. The molecular weight excluding hydrogens is 451 g/mol. The van der Waals surface area contributed by atoms with Crippen molar-refractivity contribution >= 4 is 23.4 Å². The first-order valence-corrected chi connectivity index (χ1v) is 11.7. The SMILES string of the molecule is COc1ccc(-n2c(SCC(=O)Nc3c(C)cc(C)cc3C)nnc2-c2ccccc2F)cc1. The monoisotopic (exact) mass is 476 g/mol. The van der Waals surface area contributed by atoms with Gasteiger partial charge in [-0.2, -0.15) is 0 Å². The lowest BCUT2D eigenvalue weighted by Crippen LogP contribution is -2.16. The smallest absolute Gasteiger partial charge is 0.234 e. The average Bonchev–Trinajstić information content (AvgIpc) is 3.24. The molecule has 0 aliphatic heterocycles. The number of rotatable bonds is 7. The van der Waals surface area contributed by atoms with Gasteiger partial charge in [0.1, 0.15) is 11.6 Å². The van der Waals surface area contributed by atoms with Gasteiger partial charge >= 0.3 is 0 Å². The minimum Gasteiger partial charge on any atom is -0.497 e. The van der Waals surface area contributed by atoms with E-state index in [1.54, 1.807) is 29.9 Å². The van der Waals surface area contributed by atoms with Gasteiger partial charge in [0.2, 0.25) is 5.91 Å². The van der Waals surface area contributed by atoms with Crippen LogP contribution >= 0.6 is 11.8 Å². The van der Waals surface area contributed by atoms with Crippen molar-refractivity contribution in [2.24, 2.45) is 0 Å². The van der Waals surface area contributed by atoms with Crippen molar-refractivity contribution in [1.82, 2.24) is 14.8 Å². The second kappa shape index (κ2) is 10.1. The molecule has 8 heteroatoms. The molecule has 0 aliphatic rings. The minimum absolute atomic E-state index is 0.123. The van der Waals surface area contributed by atoms with Gasteiger partial charge in [-0.3, -0.25) is 9.36 Å². The number of halogens is 1. The van der Waals surface area contributed by atoms with Gasteiger partial charge in [-0.1, -0.05) is 41.6 Å². The molecule has 0 spiro atoms. The van der Waals surface area contributed by atoms with Crippen LogP contribution in [0.5, 0.6) is 5.75 Å². The van der Waals surface area contributed by atoms with Crippen molar-refractivity contribution in [3.05, 3.63) is 83.2 Å². The molecule has 0 radical (unpaired) electrons. The summed E-state index contributed by atoms with van der Waals surface area (Å²) in [6.07, 6.45) is 0. The molecule has 0 saturated heterocycles. The predicted molar refractivity (Wildman–Crippen MR) is 133 cm³/mol. The van der Waals surface area contributed by atoms with Gasteiger partial charge in [0.05, 0.1) is 24.1 Å². The summed E-state index contributed by atoms with van der Waals surface area (Å²) in [5.74, 6) is 0.623. The standard InChI is InChI=1S/C26H25FN4O2S/c1-16-13-17(2)24(18(3)14-16)28-23(32)15-34-26-30-29-25(21-7-5-6-8-22(21)27)31(26)19-9-11-20(33-4)12-10-19/h5-14H,15H2,1-4H3,(H,28,32). The topological polar surface area (TPSA) is 69.0 Å². The Bertz CT molecular complexity index is 1310. The Balaban J connectivity index is 1.63. The zero-order valence-electron chi connectivity index (χ0n) is 19.4. The molecule has 0 atom stereocenters. The lowest BCUT2D eigenvalue weighted by atomic mass is 10.1. The maximum Gasteiger partial charge on any atom is 0.234 e. The van der Waals surface area contributed by atoms with E-state index in [-0.39, 0.29) is 11.7 Å². The third-order valence-electron chi connectivity index (χ3n) is 5.35. The van der Waals surface area contributed by atoms with Crippen LogP contribution in [0.15, 0.2) is 65.8 Å². The molecule has 0 unspecified atom stereocenters. The molecule has 1 aromatic heterocycles. The number of hydrogen-bond acceptors (Lipinski definition) is 5. The number of ether oxygens (including phenoxy) is 1. The minimum atomic E-state index is -0.399. The first-order valence-electron chi connectivity index (χ1n) is 10.7. The molecule has 1 amide bonds. The Kier molecular flexibility index (Phi) is 6.98. The number of anilines is 1. The number of nitrogens with one attached hydrogen (secondary N) is 1. The summed E-state index contributed by atoms with van der Waals surface area (Å²) >= 11 is 1.24. The third-order valence-corrected chi connectivity index (χ3v) is 6.28. The number of carbonyl (C=O) groups is 1. The Morgan fingerprint density at radius 1 is 1.03 bits per heavy atom. The number of methoxy groups -OCH3 is 1. The fraction of sp³-hybridized carbons (Fsp3) is 0.192. The van der Waals surface area contributed by atoms with E-state index in [1.807, 2.05) is 57.2 Å². The summed E-state index contributed by atoms with van der Waals surface area (Å²) in [5, 5.41) is 12.0. The number of amides is 1. The van der Waals surface area contributed by atoms with E-state index in [4.69, 9.17) is 4.74 Å². The zero-order valence-corrected chi connectivity index (χ0v) is 20.2. The van der Waals surface area contributed by atoms with Gasteiger partial charge < -0.3 is 10.1 Å². The highest BCUT2D eigenvalue weighted by Crippen LogP contribution is 2.30. The van der Waals surface area contributed by atoms with Crippen molar-refractivity contribution in [2.75, 3.05) is 18.2 Å². The molecule has 34 heavy (non-hydrogen) atoms. The number of aryl methyl sites for hydroxylation is 3. The fourth-order valence-corrected chi connectivity index (χ4v) is 4.58. The first-order chi connectivity index (χ1) is 16.4. The largest absolute Gasteiger partial charge is 0.497 e. The lowest BCUT2D eigenvalue weighted by Gasteiger charge is -2.13. The van der Waals surface area contributed by atoms with Crippen LogP contribution in [-0.4, -0.2) is 33.5 Å². The van der Waals surface area contributed by atoms with Crippen molar-refractivity contribution in [3.8, 4) is 22.8 Å². The van der Waals surface area contributed by atoms with Crippen LogP contribution in [0, 0.1) is 26.6 Å². The summed E-state index contributed by atoms with van der Waals surface area (Å²) in [6, 6.07) is 17.8. The summed E-state index contributed by atoms with van der Waals surface area (Å²) in [4.78, 5) is 12.8. The Labute approximate surface area is 202 Å². The van der Waals surface area contributed by atoms with Gasteiger partial charge in [-0.25, -0.2) is 4.39 Å². The normalized spacial score (nSPS) is 10.9. The second-order valence-corrected chi connectivity index (χ2v) is 8.87. The first kappa shape index (κ1) is 23.5. The van der Waals surface area contributed by atoms with Gasteiger partial charge in [0.15, 0.2) is 11.0 Å². The summed E-state index contributed by atoms with van der Waals surface area (Å²) in [5.41, 5.74) is 5.05. The molecule has 0 aliphatic carbocycles. The number of carbonyl (C=O) groups excluding carboxylic acids is 1. The van der Waals surface area contributed by atoms with Crippen LogP contribution in [-0.2, 0) is 4.79 Å². The van der Waals surface area contributed by atoms with Crippen molar-refractivity contribution < 1.29 is 13.9 Å². The molecule has 4 rings (SSSR count). The van der Waals surface area contributed by atoms with E-state index in [0.717, 1.165) is 28.1 Å². The summed E-state index contributed by atoms with van der Waals surface area (Å²) in [6.45, 7) is 5.98. The molecule has 0 bridgehead atoms. The van der Waals surface area contributed by atoms with Crippen LogP contribution in [0.25, 0.3) is 17.1 Å². The van der Waals surface area contributed by atoms with E-state index in [2.05, 4.69) is 15.5 Å². The van der Waals surface area contributed by atoms with E-state index < -0.39 is 5.82 Å². The fourth-order valence-electron chi connectivity index (χ4n) is 3.83. The molecule has 0 fully saturated rings. The molecule has 1 heterocycles. The number of nitrogens with zero attached hydrogens (tertiary/aromatic N) is 3. The number of benzene rings is 3. The zero-order chi connectivity index (χ0) is 24.2. The van der Waals surface area contributed by atoms with Crippen LogP contribution in [0.3, 0.4) is 0 Å². The van der Waals surface area contributed by atoms with E-state index in [9.17, 15) is 9.18 Å². The molecule has 3 aromatic carbocycles. The molecule has 0 saturated carbocycles. The van der Waals surface area contributed by atoms with Crippen LogP contribution in [0.2, 0.25) is 0 Å². The highest BCUT2D eigenvalue weighted by Gasteiger charge is 2.20. The summed E-state index contributed by atoms with van der Waals surface area (Å²) in [7, 11) is 1.59. The van der Waals surface area contributed by atoms with Crippen LogP contribution < -0.4 is 10.1 Å². The molecule has 6 nitrogen and oxygen atoms in total. The predicted octanol–water partition coefficient (Wildman–Crippen LogP) is 5.74. The van der Waals surface area contributed by atoms with E-state index >= 15 is 0 Å². The van der Waals surface area contributed by atoms with Gasteiger partial charge in [-0.05, 0) is 68.3 Å². The highest BCUT2D eigenvalue weighted by molar-refractivity contribution is 7.99. The maximum absolute atomic E-state index is 14.6. The summed E-state index contributed by atoms with van der Waals surface area (Å²) < 4.78 is 21.6. The molecular formula is C26H25FN4O2S. The van der Waals surface area contributed by atoms with Crippen LogP contribution in [0.1, 0.15) is 16.7 Å². The Morgan fingerprint density at radius 2 is 1.71 bits per heavy atom.